The highest BCUT2D eigenvalue weighted by atomic mass is 19.1. The number of allylic oxidation sites excluding steroid dienone is 5. The summed E-state index contributed by atoms with van der Waals surface area (Å²) in [4.78, 5) is 15.1. The van der Waals surface area contributed by atoms with Crippen LogP contribution in [0.5, 0.6) is 0 Å². The van der Waals surface area contributed by atoms with E-state index in [4.69, 9.17) is 5.73 Å². The average Bonchev–Trinajstić information content (AvgIpc) is 3.69. The van der Waals surface area contributed by atoms with Crippen LogP contribution in [0.3, 0.4) is 0 Å². The van der Waals surface area contributed by atoms with Crippen molar-refractivity contribution >= 4 is 22.4 Å². The van der Waals surface area contributed by atoms with Crippen molar-refractivity contribution in [2.24, 2.45) is 17.8 Å². The van der Waals surface area contributed by atoms with Crippen molar-refractivity contribution in [1.29, 1.82) is 0 Å². The fourth-order valence-electron chi connectivity index (χ4n) is 4.56. The predicted octanol–water partition coefficient (Wildman–Crippen LogP) is 10.2. The number of aryl methyl sites for hydroxylation is 2. The van der Waals surface area contributed by atoms with E-state index >= 15 is 0 Å². The molecule has 4 rings (SSSR count). The minimum Gasteiger partial charge on any atom is -0.324 e. The highest BCUT2D eigenvalue weighted by Crippen LogP contribution is 2.21. The zero-order chi connectivity index (χ0) is 36.1. The van der Waals surface area contributed by atoms with Gasteiger partial charge in [0.25, 0.3) is 0 Å². The summed E-state index contributed by atoms with van der Waals surface area (Å²) in [6, 6.07) is 13.7. The van der Waals surface area contributed by atoms with Crippen LogP contribution in [-0.4, -0.2) is 38.5 Å². The van der Waals surface area contributed by atoms with Gasteiger partial charge in [-0.1, -0.05) is 107 Å². The lowest BCUT2D eigenvalue weighted by Gasteiger charge is -2.08. The van der Waals surface area contributed by atoms with Gasteiger partial charge in [-0.3, -0.25) is 19.6 Å². The van der Waals surface area contributed by atoms with Crippen molar-refractivity contribution in [2.45, 2.75) is 93.0 Å². The number of Topliss-reactive ketones (excluding diaryl/α,β-unsaturated/α-hetero) is 1. The van der Waals surface area contributed by atoms with Crippen LogP contribution in [0.25, 0.3) is 10.9 Å². The van der Waals surface area contributed by atoms with Crippen LogP contribution in [0.2, 0.25) is 0 Å². The van der Waals surface area contributed by atoms with E-state index in [1.807, 2.05) is 46.0 Å². The van der Waals surface area contributed by atoms with Gasteiger partial charge in [0, 0.05) is 38.5 Å². The van der Waals surface area contributed by atoms with E-state index < -0.39 is 5.95 Å². The van der Waals surface area contributed by atoms with Gasteiger partial charge in [-0.2, -0.15) is 14.6 Å². The molecule has 7 nitrogen and oxygen atoms in total. The average molecular weight is 657 g/mol. The van der Waals surface area contributed by atoms with Crippen molar-refractivity contribution in [3.8, 4) is 0 Å². The van der Waals surface area contributed by atoms with E-state index in [2.05, 4.69) is 84.9 Å². The number of hydrogen-bond acceptors (Lipinski definition) is 5. The van der Waals surface area contributed by atoms with Crippen LogP contribution in [0, 0.1) is 12.9 Å². The zero-order valence-electron chi connectivity index (χ0n) is 30.6. The SMILES string of the molecule is C=C(/C=C\C=C(\C)CCC)CCC.CCC(=O)c1cnn(C)c1.CCC(N)c1ccc2n[nH]c(F)c2c1.CN=C(C)c1ccccc1C. The highest BCUT2D eigenvalue weighted by Gasteiger charge is 2.08. The molecule has 0 saturated heterocycles. The third-order valence-corrected chi connectivity index (χ3v) is 7.55. The maximum absolute atomic E-state index is 13.1. The normalized spacial score (nSPS) is 12.0. The number of carbonyl (C=O) groups excluding carboxylic acids is 1. The first-order valence-corrected chi connectivity index (χ1v) is 16.8. The lowest BCUT2D eigenvalue weighted by atomic mass is 10.0. The molecule has 0 spiro atoms. The van der Waals surface area contributed by atoms with Gasteiger partial charge in [0.2, 0.25) is 5.95 Å². The molecule has 3 N–H and O–H groups in total. The quantitative estimate of drug-likeness (QED) is 0.0953. The zero-order valence-corrected chi connectivity index (χ0v) is 30.6. The Morgan fingerprint density at radius 1 is 1.10 bits per heavy atom. The number of fused-ring (bicyclic) bond motifs is 1. The van der Waals surface area contributed by atoms with Crippen molar-refractivity contribution in [2.75, 3.05) is 7.05 Å². The number of nitrogens with two attached hydrogens (primary N) is 1. The van der Waals surface area contributed by atoms with Crippen molar-refractivity contribution < 1.29 is 9.18 Å². The van der Waals surface area contributed by atoms with E-state index in [-0.39, 0.29) is 11.8 Å². The van der Waals surface area contributed by atoms with Gasteiger partial charge in [0.05, 0.1) is 22.7 Å². The number of H-pyrrole nitrogens is 1. The molecular weight excluding hydrogens is 599 g/mol. The minimum absolute atomic E-state index is 0.0336. The second-order valence-corrected chi connectivity index (χ2v) is 11.7. The van der Waals surface area contributed by atoms with Gasteiger partial charge in [-0.15, -0.1) is 0 Å². The summed E-state index contributed by atoms with van der Waals surface area (Å²) in [5.41, 5.74) is 14.4. The first-order valence-electron chi connectivity index (χ1n) is 16.8. The smallest absolute Gasteiger partial charge is 0.216 e. The van der Waals surface area contributed by atoms with Gasteiger partial charge in [0.15, 0.2) is 5.78 Å². The molecule has 4 aromatic rings. The van der Waals surface area contributed by atoms with Crippen LogP contribution >= 0.6 is 0 Å². The summed E-state index contributed by atoms with van der Waals surface area (Å²) >= 11 is 0. The molecule has 2 aromatic heterocycles. The molecule has 1 atom stereocenters. The third-order valence-electron chi connectivity index (χ3n) is 7.55. The summed E-state index contributed by atoms with van der Waals surface area (Å²) in [6.07, 6.45) is 15.8. The Hall–Kier alpha value is -4.43. The number of nitrogens with zero attached hydrogens (tertiary/aromatic N) is 4. The number of carbonyl (C=O) groups is 1. The molecule has 0 bridgehead atoms. The third kappa shape index (κ3) is 15.0. The minimum atomic E-state index is -0.398. The number of nitrogens with one attached hydrogen (secondary N) is 1. The standard InChI is InChI=1S/C13H22.C10H12FN3.C10H13N.C7H10N2O/c1-5-8-12(3)10-7-11-13(4)9-6-2;1-2-8(12)6-3-4-9-7(5-6)10(11)14-13-9;1-8-6-4-5-7-10(8)9(2)11-3;1-3-7(10)6-4-8-9(2)5-6/h7,10-11H,3,5-6,8-9H2,1-2,4H3;3-5,8H,2,12H2,1H3,(H,13,14);4-7H,1-3H3;4-5H,3H2,1-2H3/b10-7-,13-11-;;;. The lowest BCUT2D eigenvalue weighted by Crippen LogP contribution is -2.08. The Bertz CT molecular complexity index is 1640. The van der Waals surface area contributed by atoms with E-state index in [1.165, 1.54) is 41.5 Å². The summed E-state index contributed by atoms with van der Waals surface area (Å²) in [5, 5.41) is 10.5. The van der Waals surface area contributed by atoms with Crippen LogP contribution in [0.1, 0.15) is 113 Å². The highest BCUT2D eigenvalue weighted by molar-refractivity contribution is 5.99. The number of aromatic nitrogens is 4. The van der Waals surface area contributed by atoms with Gasteiger partial charge < -0.3 is 5.73 Å². The van der Waals surface area contributed by atoms with E-state index in [0.717, 1.165) is 24.1 Å². The molecule has 2 aromatic carbocycles. The molecule has 0 saturated carbocycles. The number of aromatic amines is 1. The summed E-state index contributed by atoms with van der Waals surface area (Å²) < 4.78 is 14.8. The molecule has 260 valence electrons. The van der Waals surface area contributed by atoms with Crippen molar-refractivity contribution in [3.05, 3.63) is 119 Å². The fraction of sp³-hybridized carbons (Fsp3) is 0.400. The first-order chi connectivity index (χ1) is 22.9. The van der Waals surface area contributed by atoms with E-state index in [1.54, 1.807) is 36.3 Å². The number of halogens is 1. The Labute approximate surface area is 288 Å². The Balaban J connectivity index is 0.000000323. The maximum Gasteiger partial charge on any atom is 0.216 e. The molecule has 0 aliphatic rings. The molecule has 48 heavy (non-hydrogen) atoms. The number of benzene rings is 2. The Morgan fingerprint density at radius 2 is 1.79 bits per heavy atom. The lowest BCUT2D eigenvalue weighted by molar-refractivity contribution is 0.0988. The summed E-state index contributed by atoms with van der Waals surface area (Å²) in [6.45, 7) is 18.5. The molecular formula is C40H57FN6O. The van der Waals surface area contributed by atoms with Gasteiger partial charge in [-0.05, 0) is 68.9 Å². The van der Waals surface area contributed by atoms with Crippen LogP contribution in [0.4, 0.5) is 4.39 Å². The largest absolute Gasteiger partial charge is 0.324 e. The Morgan fingerprint density at radius 3 is 2.35 bits per heavy atom. The molecule has 2 heterocycles. The molecule has 1 unspecified atom stereocenters. The monoisotopic (exact) mass is 656 g/mol. The second kappa shape index (κ2) is 23.0. The number of hydrogen-bond donors (Lipinski definition) is 2. The fourth-order valence-corrected chi connectivity index (χ4v) is 4.56. The van der Waals surface area contributed by atoms with Crippen LogP contribution < -0.4 is 5.73 Å². The topological polar surface area (TPSA) is 102 Å². The van der Waals surface area contributed by atoms with Crippen molar-refractivity contribution in [1.82, 2.24) is 20.0 Å². The predicted molar refractivity (Wildman–Crippen MR) is 202 cm³/mol. The number of ketones is 1. The molecule has 0 aliphatic carbocycles. The summed E-state index contributed by atoms with van der Waals surface area (Å²) in [5.74, 6) is -0.252. The summed E-state index contributed by atoms with van der Waals surface area (Å²) in [7, 11) is 3.62. The maximum atomic E-state index is 13.1. The van der Waals surface area contributed by atoms with E-state index in [0.29, 0.717) is 22.9 Å². The second-order valence-electron chi connectivity index (χ2n) is 11.7. The van der Waals surface area contributed by atoms with Gasteiger partial charge in [-0.25, -0.2) is 0 Å². The van der Waals surface area contributed by atoms with Crippen LogP contribution in [0.15, 0.2) is 95.8 Å². The van der Waals surface area contributed by atoms with Crippen LogP contribution in [-0.2, 0) is 7.05 Å². The Kier molecular flexibility index (Phi) is 19.9. The molecule has 0 amide bonds. The molecule has 0 fully saturated rings. The van der Waals surface area contributed by atoms with Crippen molar-refractivity contribution in [3.63, 3.8) is 0 Å². The number of aliphatic imine (C=N–C) groups is 1. The van der Waals surface area contributed by atoms with Gasteiger partial charge in [0.1, 0.15) is 0 Å². The molecule has 0 aliphatic heterocycles. The molecule has 8 heteroatoms. The van der Waals surface area contributed by atoms with E-state index in [9.17, 15) is 9.18 Å². The molecule has 0 radical (unpaired) electrons. The first kappa shape index (κ1) is 41.6. The van der Waals surface area contributed by atoms with Gasteiger partial charge >= 0.3 is 0 Å². The number of rotatable bonds is 11.